The molecule has 0 spiro atoms. The minimum atomic E-state index is 0.106. The Bertz CT molecular complexity index is 513. The van der Waals surface area contributed by atoms with Gasteiger partial charge in [0.05, 0.1) is 7.11 Å². The molecule has 1 aliphatic rings. The molecular weight excluding hydrogens is 332 g/mol. The van der Waals surface area contributed by atoms with Gasteiger partial charge in [0.25, 0.3) is 0 Å². The molecule has 4 nitrogen and oxygen atoms in total. The highest BCUT2D eigenvalue weighted by molar-refractivity contribution is 9.10. The Hall–Kier alpha value is -1.04. The molecule has 1 fully saturated rings. The molecular formula is C16H23BrN2O2. The van der Waals surface area contributed by atoms with Gasteiger partial charge in [-0.15, -0.1) is 6.58 Å². The van der Waals surface area contributed by atoms with Crippen molar-refractivity contribution >= 4 is 15.9 Å². The predicted octanol–water partition coefficient (Wildman–Crippen LogP) is 3.08. The lowest BCUT2D eigenvalue weighted by Crippen LogP contribution is -2.45. The molecule has 1 aliphatic heterocycles. The fourth-order valence-corrected chi connectivity index (χ4v) is 3.37. The highest BCUT2D eigenvalue weighted by Crippen LogP contribution is 2.43. The quantitative estimate of drug-likeness (QED) is 0.797. The Balaban J connectivity index is 2.42. The first-order valence-corrected chi connectivity index (χ1v) is 7.98. The van der Waals surface area contributed by atoms with Gasteiger partial charge >= 0.3 is 0 Å². The van der Waals surface area contributed by atoms with Gasteiger partial charge in [0.2, 0.25) is 0 Å². The van der Waals surface area contributed by atoms with E-state index in [2.05, 4.69) is 32.7 Å². The second-order valence-corrected chi connectivity index (χ2v) is 6.33. The average Bonchev–Trinajstić information content (AvgIpc) is 2.47. The van der Waals surface area contributed by atoms with Crippen LogP contribution in [-0.2, 0) is 0 Å². The van der Waals surface area contributed by atoms with Crippen molar-refractivity contribution < 1.29 is 9.84 Å². The van der Waals surface area contributed by atoms with Crippen molar-refractivity contribution in [1.29, 1.82) is 0 Å². The van der Waals surface area contributed by atoms with Crippen molar-refractivity contribution in [3.05, 3.63) is 34.3 Å². The van der Waals surface area contributed by atoms with Gasteiger partial charge in [-0.25, -0.2) is 0 Å². The Kier molecular flexibility index (Phi) is 5.67. The largest absolute Gasteiger partial charge is 0.504 e. The molecule has 0 aromatic heterocycles. The summed E-state index contributed by atoms with van der Waals surface area (Å²) in [5, 5.41) is 13.9. The third kappa shape index (κ3) is 3.78. The molecule has 0 saturated carbocycles. The number of nitrogens with one attached hydrogen (secondary N) is 1. The van der Waals surface area contributed by atoms with Crippen LogP contribution in [0.1, 0.15) is 24.9 Å². The minimum Gasteiger partial charge on any atom is -0.504 e. The van der Waals surface area contributed by atoms with Crippen molar-refractivity contribution in [2.24, 2.45) is 0 Å². The zero-order valence-electron chi connectivity index (χ0n) is 12.7. The average molecular weight is 355 g/mol. The van der Waals surface area contributed by atoms with E-state index in [0.29, 0.717) is 5.75 Å². The summed E-state index contributed by atoms with van der Waals surface area (Å²) in [5.74, 6) is 0.728. The van der Waals surface area contributed by atoms with Gasteiger partial charge < -0.3 is 15.2 Å². The fraction of sp³-hybridized carbons (Fsp3) is 0.500. The Labute approximate surface area is 134 Å². The first-order valence-electron chi connectivity index (χ1n) is 7.19. The lowest BCUT2D eigenvalue weighted by Gasteiger charge is -2.36. The van der Waals surface area contributed by atoms with Gasteiger partial charge in [-0.05, 0) is 25.5 Å². The molecule has 1 heterocycles. The van der Waals surface area contributed by atoms with Crippen LogP contribution < -0.4 is 10.1 Å². The highest BCUT2D eigenvalue weighted by atomic mass is 79.9. The maximum Gasteiger partial charge on any atom is 0.163 e. The summed E-state index contributed by atoms with van der Waals surface area (Å²) in [5.41, 5.74) is 1.99. The number of halogens is 1. The summed E-state index contributed by atoms with van der Waals surface area (Å²) in [6.45, 7) is 9.93. The highest BCUT2D eigenvalue weighted by Gasteiger charge is 2.27. The van der Waals surface area contributed by atoms with Gasteiger partial charge in [-0.3, -0.25) is 4.90 Å². The zero-order chi connectivity index (χ0) is 15.4. The fourth-order valence-electron chi connectivity index (χ4n) is 2.78. The summed E-state index contributed by atoms with van der Waals surface area (Å²) in [4.78, 5) is 2.39. The Morgan fingerprint density at radius 3 is 2.71 bits per heavy atom. The molecule has 5 heteroatoms. The van der Waals surface area contributed by atoms with Crippen molar-refractivity contribution in [2.45, 2.75) is 19.4 Å². The normalized spacial score (nSPS) is 17.5. The van der Waals surface area contributed by atoms with Crippen LogP contribution in [0, 0.1) is 0 Å². The van der Waals surface area contributed by atoms with Crippen LogP contribution in [0.4, 0.5) is 0 Å². The number of phenolic OH excluding ortho intramolecular Hbond substituents is 1. The SMILES string of the molecule is C=C(C)C[C@H](c1c(Br)ccc(OC)c1O)N1CCNCC1. The molecule has 0 unspecified atom stereocenters. The van der Waals surface area contributed by atoms with Crippen LogP contribution in [0.3, 0.4) is 0 Å². The number of aromatic hydroxyl groups is 1. The molecule has 116 valence electrons. The standard InChI is InChI=1S/C16H23BrN2O2/c1-11(2)10-13(19-8-6-18-7-9-19)15-12(17)4-5-14(21-3)16(15)20/h4-5,13,18,20H,1,6-10H2,2-3H3/t13-/m1/s1. The second kappa shape index (κ2) is 7.29. The number of piperazine rings is 1. The molecule has 0 radical (unpaired) electrons. The van der Waals surface area contributed by atoms with E-state index in [-0.39, 0.29) is 11.8 Å². The molecule has 0 bridgehead atoms. The molecule has 1 aromatic carbocycles. The van der Waals surface area contributed by atoms with Crippen LogP contribution in [0.2, 0.25) is 0 Å². The summed E-state index contributed by atoms with van der Waals surface area (Å²) in [6.07, 6.45) is 0.819. The lowest BCUT2D eigenvalue weighted by atomic mass is 9.96. The van der Waals surface area contributed by atoms with Crippen molar-refractivity contribution in [1.82, 2.24) is 10.2 Å². The summed E-state index contributed by atoms with van der Waals surface area (Å²) in [7, 11) is 1.57. The van der Waals surface area contributed by atoms with Gasteiger partial charge in [-0.2, -0.15) is 0 Å². The first kappa shape index (κ1) is 16.3. The topological polar surface area (TPSA) is 44.7 Å². The van der Waals surface area contributed by atoms with Gasteiger partial charge in [0.15, 0.2) is 11.5 Å². The van der Waals surface area contributed by atoms with Gasteiger partial charge in [-0.1, -0.05) is 21.5 Å². The van der Waals surface area contributed by atoms with E-state index >= 15 is 0 Å². The number of phenols is 1. The molecule has 1 atom stereocenters. The molecule has 0 amide bonds. The second-order valence-electron chi connectivity index (χ2n) is 5.47. The Morgan fingerprint density at radius 2 is 2.14 bits per heavy atom. The van der Waals surface area contributed by atoms with Gasteiger partial charge in [0, 0.05) is 42.3 Å². The number of ether oxygens (including phenoxy) is 1. The number of methoxy groups -OCH3 is 1. The summed E-state index contributed by atoms with van der Waals surface area (Å²) in [6, 6.07) is 3.81. The van der Waals surface area contributed by atoms with Gasteiger partial charge in [0.1, 0.15) is 0 Å². The molecule has 21 heavy (non-hydrogen) atoms. The lowest BCUT2D eigenvalue weighted by molar-refractivity contribution is 0.168. The first-order chi connectivity index (χ1) is 10.0. The van der Waals surface area contributed by atoms with E-state index in [1.165, 1.54) is 0 Å². The third-order valence-electron chi connectivity index (χ3n) is 3.81. The number of benzene rings is 1. The van der Waals surface area contributed by atoms with E-state index < -0.39 is 0 Å². The van der Waals surface area contributed by atoms with E-state index in [1.54, 1.807) is 13.2 Å². The zero-order valence-corrected chi connectivity index (χ0v) is 14.2. The van der Waals surface area contributed by atoms with E-state index in [1.807, 2.05) is 13.0 Å². The molecule has 1 saturated heterocycles. The van der Waals surface area contributed by atoms with Crippen LogP contribution in [0.15, 0.2) is 28.8 Å². The number of nitrogens with zero attached hydrogens (tertiary/aromatic N) is 1. The maximum atomic E-state index is 10.6. The van der Waals surface area contributed by atoms with Crippen LogP contribution >= 0.6 is 15.9 Å². The predicted molar refractivity (Wildman–Crippen MR) is 89.0 cm³/mol. The summed E-state index contributed by atoms with van der Waals surface area (Å²) < 4.78 is 6.17. The molecule has 0 aliphatic carbocycles. The van der Waals surface area contributed by atoms with Crippen LogP contribution in [0.5, 0.6) is 11.5 Å². The van der Waals surface area contributed by atoms with Crippen molar-refractivity contribution in [3.63, 3.8) is 0 Å². The Morgan fingerprint density at radius 1 is 1.48 bits per heavy atom. The van der Waals surface area contributed by atoms with E-state index in [0.717, 1.165) is 48.2 Å². The van der Waals surface area contributed by atoms with Crippen molar-refractivity contribution in [3.8, 4) is 11.5 Å². The number of hydrogen-bond acceptors (Lipinski definition) is 4. The number of rotatable bonds is 5. The third-order valence-corrected chi connectivity index (χ3v) is 4.51. The van der Waals surface area contributed by atoms with E-state index in [9.17, 15) is 5.11 Å². The number of hydrogen-bond donors (Lipinski definition) is 2. The molecule has 2 N–H and O–H groups in total. The van der Waals surface area contributed by atoms with Crippen LogP contribution in [0.25, 0.3) is 0 Å². The maximum absolute atomic E-state index is 10.6. The monoisotopic (exact) mass is 354 g/mol. The molecule has 2 rings (SSSR count). The minimum absolute atomic E-state index is 0.106. The van der Waals surface area contributed by atoms with Crippen LogP contribution in [-0.4, -0.2) is 43.3 Å². The summed E-state index contributed by atoms with van der Waals surface area (Å²) >= 11 is 3.58. The smallest absolute Gasteiger partial charge is 0.163 e. The van der Waals surface area contributed by atoms with Crippen molar-refractivity contribution in [2.75, 3.05) is 33.3 Å². The molecule has 1 aromatic rings. The van der Waals surface area contributed by atoms with E-state index in [4.69, 9.17) is 4.74 Å².